The number of nitrogens with zero attached hydrogens (tertiary/aromatic N) is 2. The zero-order chi connectivity index (χ0) is 24.4. The van der Waals surface area contributed by atoms with Crippen LogP contribution < -0.4 is 19.8 Å². The van der Waals surface area contributed by atoms with Gasteiger partial charge in [0.2, 0.25) is 5.75 Å². The van der Waals surface area contributed by atoms with Crippen LogP contribution >= 0.6 is 35.0 Å². The second-order valence-electron chi connectivity index (χ2n) is 7.45. The minimum Gasteiger partial charge on any atom is -0.493 e. The molecule has 0 atom stereocenters. The summed E-state index contributed by atoms with van der Waals surface area (Å²) >= 11 is 14.2. The van der Waals surface area contributed by atoms with E-state index in [0.29, 0.717) is 54.8 Å². The molecule has 0 spiro atoms. The van der Waals surface area contributed by atoms with Gasteiger partial charge in [0.25, 0.3) is 5.56 Å². The number of halogens is 2. The standard InChI is InChI=1S/C25H22Cl2N2O4S/c1-14-6-5-7-15(10-14)13-34-25-28-21-17(12-20(31-2)22(32-3)23(21)33-4)24(30)29(25)19-11-16(26)8-9-18(19)27/h5-12H,13H2,1-4H3. The maximum absolute atomic E-state index is 13.9. The molecular weight excluding hydrogens is 495 g/mol. The summed E-state index contributed by atoms with van der Waals surface area (Å²) in [5, 5.41) is 1.56. The van der Waals surface area contributed by atoms with Crippen molar-refractivity contribution < 1.29 is 14.2 Å². The number of aryl methyl sites for hydroxylation is 1. The highest BCUT2D eigenvalue weighted by Crippen LogP contribution is 2.42. The SMILES string of the molecule is COc1cc2c(=O)n(-c3cc(Cl)ccc3Cl)c(SCc3cccc(C)c3)nc2c(OC)c1OC. The first-order valence-corrected chi connectivity index (χ1v) is 12.0. The third kappa shape index (κ3) is 4.56. The van der Waals surface area contributed by atoms with Gasteiger partial charge >= 0.3 is 0 Å². The minimum absolute atomic E-state index is 0.297. The third-order valence-electron chi connectivity index (χ3n) is 5.24. The number of methoxy groups -OCH3 is 3. The molecule has 1 heterocycles. The van der Waals surface area contributed by atoms with E-state index < -0.39 is 0 Å². The number of aromatic nitrogens is 2. The topological polar surface area (TPSA) is 62.6 Å². The Kier molecular flexibility index (Phi) is 7.26. The largest absolute Gasteiger partial charge is 0.493 e. The molecule has 0 bridgehead atoms. The number of fused-ring (bicyclic) bond motifs is 1. The molecule has 6 nitrogen and oxygen atoms in total. The van der Waals surface area contributed by atoms with E-state index in [-0.39, 0.29) is 5.56 Å². The minimum atomic E-state index is -0.333. The molecule has 4 aromatic rings. The van der Waals surface area contributed by atoms with Crippen molar-refractivity contribution in [2.24, 2.45) is 0 Å². The lowest BCUT2D eigenvalue weighted by Crippen LogP contribution is -2.22. The Morgan fingerprint density at radius 2 is 1.74 bits per heavy atom. The Bertz CT molecular complexity index is 1440. The first-order chi connectivity index (χ1) is 16.4. The van der Waals surface area contributed by atoms with Crippen molar-refractivity contribution in [1.29, 1.82) is 0 Å². The lowest BCUT2D eigenvalue weighted by molar-refractivity contribution is 0.326. The Morgan fingerprint density at radius 1 is 0.971 bits per heavy atom. The molecule has 34 heavy (non-hydrogen) atoms. The molecule has 0 unspecified atom stereocenters. The lowest BCUT2D eigenvalue weighted by atomic mass is 10.2. The molecular formula is C25H22Cl2N2O4S. The summed E-state index contributed by atoms with van der Waals surface area (Å²) < 4.78 is 18.0. The van der Waals surface area contributed by atoms with E-state index in [4.69, 9.17) is 42.4 Å². The highest BCUT2D eigenvalue weighted by Gasteiger charge is 2.23. The summed E-state index contributed by atoms with van der Waals surface area (Å²) in [6.07, 6.45) is 0. The van der Waals surface area contributed by atoms with Crippen molar-refractivity contribution in [1.82, 2.24) is 9.55 Å². The van der Waals surface area contributed by atoms with Gasteiger partial charge in [0.1, 0.15) is 5.52 Å². The molecule has 0 saturated heterocycles. The molecule has 0 aliphatic rings. The highest BCUT2D eigenvalue weighted by atomic mass is 35.5. The van der Waals surface area contributed by atoms with Gasteiger partial charge in [-0.15, -0.1) is 0 Å². The fraction of sp³-hybridized carbons (Fsp3) is 0.200. The van der Waals surface area contributed by atoms with Crippen molar-refractivity contribution in [3.63, 3.8) is 0 Å². The van der Waals surface area contributed by atoms with E-state index in [2.05, 4.69) is 6.07 Å². The maximum atomic E-state index is 13.9. The van der Waals surface area contributed by atoms with Crippen molar-refractivity contribution >= 4 is 45.9 Å². The van der Waals surface area contributed by atoms with Crippen LogP contribution in [0.1, 0.15) is 11.1 Å². The monoisotopic (exact) mass is 516 g/mol. The van der Waals surface area contributed by atoms with Crippen LogP contribution in [-0.4, -0.2) is 30.9 Å². The number of benzene rings is 3. The van der Waals surface area contributed by atoms with Gasteiger partial charge in [-0.05, 0) is 36.8 Å². The average Bonchev–Trinajstić information content (AvgIpc) is 2.83. The molecule has 3 aromatic carbocycles. The van der Waals surface area contributed by atoms with Gasteiger partial charge in [0, 0.05) is 10.8 Å². The molecule has 9 heteroatoms. The summed E-state index contributed by atoms with van der Waals surface area (Å²) in [4.78, 5) is 18.7. The van der Waals surface area contributed by atoms with Crippen LogP contribution in [0.4, 0.5) is 0 Å². The van der Waals surface area contributed by atoms with Gasteiger partial charge in [-0.1, -0.05) is 64.8 Å². The van der Waals surface area contributed by atoms with Gasteiger partial charge in [0.05, 0.1) is 37.4 Å². The number of thioether (sulfide) groups is 1. The molecule has 0 amide bonds. The Labute approximate surface area is 211 Å². The van der Waals surface area contributed by atoms with E-state index >= 15 is 0 Å². The van der Waals surface area contributed by atoms with Crippen LogP contribution in [0.15, 0.2) is 58.5 Å². The van der Waals surface area contributed by atoms with Crippen LogP contribution in [0.2, 0.25) is 10.0 Å². The van der Waals surface area contributed by atoms with Crippen molar-refractivity contribution in [3.8, 4) is 22.9 Å². The van der Waals surface area contributed by atoms with Gasteiger partial charge in [-0.25, -0.2) is 4.98 Å². The molecule has 0 saturated carbocycles. The molecule has 0 fully saturated rings. The van der Waals surface area contributed by atoms with E-state index in [0.717, 1.165) is 11.1 Å². The van der Waals surface area contributed by atoms with Crippen molar-refractivity contribution in [3.05, 3.63) is 80.1 Å². The van der Waals surface area contributed by atoms with Gasteiger partial charge in [-0.3, -0.25) is 9.36 Å². The molecule has 1 aromatic heterocycles. The molecule has 0 aliphatic carbocycles. The van der Waals surface area contributed by atoms with E-state index in [1.165, 1.54) is 37.7 Å². The van der Waals surface area contributed by atoms with E-state index in [1.807, 2.05) is 25.1 Å². The zero-order valence-electron chi connectivity index (χ0n) is 19.0. The third-order valence-corrected chi connectivity index (χ3v) is 6.80. The summed E-state index contributed by atoms with van der Waals surface area (Å²) in [7, 11) is 4.50. The van der Waals surface area contributed by atoms with Crippen LogP contribution in [0.5, 0.6) is 17.2 Å². The summed E-state index contributed by atoms with van der Waals surface area (Å²) in [6.45, 7) is 2.04. The Hall–Kier alpha value is -2.87. The molecule has 4 rings (SSSR count). The average molecular weight is 517 g/mol. The fourth-order valence-electron chi connectivity index (χ4n) is 3.68. The van der Waals surface area contributed by atoms with Gasteiger partial charge in [0.15, 0.2) is 16.7 Å². The molecule has 0 radical (unpaired) electrons. The smallest absolute Gasteiger partial charge is 0.266 e. The lowest BCUT2D eigenvalue weighted by Gasteiger charge is -2.18. The number of rotatable bonds is 7. The predicted octanol–water partition coefficient (Wildman–Crippen LogP) is 6.32. The fourth-order valence-corrected chi connectivity index (χ4v) is 4.99. The first-order valence-electron chi connectivity index (χ1n) is 10.3. The van der Waals surface area contributed by atoms with Crippen LogP contribution in [0.25, 0.3) is 16.6 Å². The number of ether oxygens (including phenoxy) is 3. The van der Waals surface area contributed by atoms with Crippen molar-refractivity contribution in [2.75, 3.05) is 21.3 Å². The summed E-state index contributed by atoms with van der Waals surface area (Å²) in [5.74, 6) is 1.62. The Balaban J connectivity index is 2.01. The van der Waals surface area contributed by atoms with Crippen molar-refractivity contribution in [2.45, 2.75) is 17.8 Å². The first kappa shape index (κ1) is 24.3. The predicted molar refractivity (Wildman–Crippen MR) is 138 cm³/mol. The second kappa shape index (κ2) is 10.2. The van der Waals surface area contributed by atoms with Gasteiger partial charge < -0.3 is 14.2 Å². The highest BCUT2D eigenvalue weighted by molar-refractivity contribution is 7.98. The quantitative estimate of drug-likeness (QED) is 0.211. The zero-order valence-corrected chi connectivity index (χ0v) is 21.3. The second-order valence-corrected chi connectivity index (χ2v) is 9.24. The van der Waals surface area contributed by atoms with E-state index in [1.54, 1.807) is 24.3 Å². The number of hydrogen-bond donors (Lipinski definition) is 0. The normalized spacial score (nSPS) is 11.0. The van der Waals surface area contributed by atoms with Crippen LogP contribution in [0, 0.1) is 6.92 Å². The number of hydrogen-bond acceptors (Lipinski definition) is 6. The van der Waals surface area contributed by atoms with Crippen LogP contribution in [-0.2, 0) is 5.75 Å². The maximum Gasteiger partial charge on any atom is 0.266 e. The summed E-state index contributed by atoms with van der Waals surface area (Å²) in [5.41, 5.74) is 2.72. The molecule has 0 aliphatic heterocycles. The molecule has 0 N–H and O–H groups in total. The van der Waals surface area contributed by atoms with E-state index in [9.17, 15) is 4.79 Å². The molecule has 176 valence electrons. The van der Waals surface area contributed by atoms with Gasteiger partial charge in [-0.2, -0.15) is 0 Å². The summed E-state index contributed by atoms with van der Waals surface area (Å²) in [6, 6.07) is 14.7. The Morgan fingerprint density at radius 3 is 2.41 bits per heavy atom. The van der Waals surface area contributed by atoms with Crippen LogP contribution in [0.3, 0.4) is 0 Å².